The van der Waals surface area contributed by atoms with E-state index >= 15 is 0 Å². The number of nitrogens with one attached hydrogen (secondary N) is 2. The number of halogens is 1. The number of rotatable bonds is 4. The molecule has 1 saturated heterocycles. The van der Waals surface area contributed by atoms with Crippen LogP contribution in [0.25, 0.3) is 5.65 Å². The largest absolute Gasteiger partial charge is 0.353 e. The maximum atomic E-state index is 14.2. The van der Waals surface area contributed by atoms with E-state index in [-0.39, 0.29) is 11.3 Å². The molecule has 0 bridgehead atoms. The van der Waals surface area contributed by atoms with Crippen LogP contribution < -0.4 is 15.5 Å². The van der Waals surface area contributed by atoms with Crippen LogP contribution in [0.4, 0.5) is 15.9 Å². The molecule has 0 radical (unpaired) electrons. The Labute approximate surface area is 161 Å². The number of aryl methyl sites for hydroxylation is 1. The Morgan fingerprint density at radius 1 is 1.25 bits per heavy atom. The molecule has 0 aromatic carbocycles. The summed E-state index contributed by atoms with van der Waals surface area (Å²) in [6.07, 6.45) is 6.35. The SMILES string of the molecule is CN[C@@H]1CN(c2cnc(C(=O)Nc3cc(F)c4nc(C)cn4c3)cn2)C[C@H]1C. The number of anilines is 2. The van der Waals surface area contributed by atoms with Crippen LogP contribution in [-0.4, -0.2) is 51.4 Å². The van der Waals surface area contributed by atoms with Gasteiger partial charge in [0.05, 0.1) is 23.8 Å². The number of hydrogen-bond acceptors (Lipinski definition) is 6. The number of pyridine rings is 1. The first-order valence-corrected chi connectivity index (χ1v) is 9.15. The topological polar surface area (TPSA) is 87.5 Å². The van der Waals surface area contributed by atoms with Crippen molar-refractivity contribution < 1.29 is 9.18 Å². The summed E-state index contributed by atoms with van der Waals surface area (Å²) in [5.74, 6) is 0.293. The molecular formula is C19H22FN7O. The smallest absolute Gasteiger partial charge is 0.275 e. The Bertz CT molecular complexity index is 1020. The fourth-order valence-electron chi connectivity index (χ4n) is 3.57. The van der Waals surface area contributed by atoms with Gasteiger partial charge < -0.3 is 19.9 Å². The summed E-state index contributed by atoms with van der Waals surface area (Å²) in [5.41, 5.74) is 1.41. The zero-order valence-electron chi connectivity index (χ0n) is 16.0. The van der Waals surface area contributed by atoms with E-state index in [2.05, 4.69) is 37.4 Å². The van der Waals surface area contributed by atoms with Gasteiger partial charge in [0.1, 0.15) is 11.5 Å². The minimum atomic E-state index is -0.505. The van der Waals surface area contributed by atoms with Gasteiger partial charge in [-0.25, -0.2) is 19.3 Å². The first-order valence-electron chi connectivity index (χ1n) is 9.15. The van der Waals surface area contributed by atoms with Crippen LogP contribution in [0.2, 0.25) is 0 Å². The summed E-state index contributed by atoms with van der Waals surface area (Å²) in [5, 5.41) is 5.96. The maximum Gasteiger partial charge on any atom is 0.275 e. The van der Waals surface area contributed by atoms with Gasteiger partial charge in [-0.05, 0) is 19.9 Å². The van der Waals surface area contributed by atoms with Crippen LogP contribution in [0, 0.1) is 18.7 Å². The van der Waals surface area contributed by atoms with Gasteiger partial charge in [0.25, 0.3) is 5.91 Å². The molecule has 2 atom stereocenters. The number of likely N-dealkylation sites (N-methyl/N-ethyl adjacent to an activating group) is 1. The lowest BCUT2D eigenvalue weighted by Crippen LogP contribution is -2.32. The van der Waals surface area contributed by atoms with Crippen LogP contribution in [0.5, 0.6) is 0 Å². The quantitative estimate of drug-likeness (QED) is 0.715. The Morgan fingerprint density at radius 2 is 2.07 bits per heavy atom. The standard InChI is InChI=1S/C19H22FN7O/c1-11-7-26(10-16(11)21-3)17-6-22-15(5-23-17)19(28)25-13-4-14(20)18-24-12(2)8-27(18)9-13/h4-6,8-9,11,16,21H,7,10H2,1-3H3,(H,25,28)/t11-,16-/m1/s1. The number of carbonyl (C=O) groups is 1. The zero-order chi connectivity index (χ0) is 19.8. The van der Waals surface area contributed by atoms with Crippen LogP contribution in [0.1, 0.15) is 23.1 Å². The molecule has 1 aliphatic rings. The van der Waals surface area contributed by atoms with Crippen molar-refractivity contribution in [3.63, 3.8) is 0 Å². The van der Waals surface area contributed by atoms with E-state index in [4.69, 9.17) is 0 Å². The van der Waals surface area contributed by atoms with Crippen molar-refractivity contribution in [2.24, 2.45) is 5.92 Å². The van der Waals surface area contributed by atoms with E-state index in [0.29, 0.717) is 23.3 Å². The molecule has 0 spiro atoms. The lowest BCUT2D eigenvalue weighted by molar-refractivity contribution is 0.102. The molecule has 1 fully saturated rings. The van der Waals surface area contributed by atoms with Gasteiger partial charge in [-0.2, -0.15) is 0 Å². The highest BCUT2D eigenvalue weighted by Crippen LogP contribution is 2.22. The number of carbonyl (C=O) groups excluding carboxylic acids is 1. The van der Waals surface area contributed by atoms with E-state index in [0.717, 1.165) is 18.9 Å². The highest BCUT2D eigenvalue weighted by atomic mass is 19.1. The predicted molar refractivity (Wildman–Crippen MR) is 104 cm³/mol. The van der Waals surface area contributed by atoms with Gasteiger partial charge >= 0.3 is 0 Å². The Morgan fingerprint density at radius 3 is 2.75 bits per heavy atom. The molecule has 8 nitrogen and oxygen atoms in total. The summed E-state index contributed by atoms with van der Waals surface area (Å²) in [6.45, 7) is 5.70. The van der Waals surface area contributed by atoms with Crippen LogP contribution >= 0.6 is 0 Å². The van der Waals surface area contributed by atoms with Crippen molar-refractivity contribution in [3.8, 4) is 0 Å². The van der Waals surface area contributed by atoms with Crippen LogP contribution in [0.15, 0.2) is 30.9 Å². The van der Waals surface area contributed by atoms with Gasteiger partial charge in [-0.3, -0.25) is 4.79 Å². The summed E-state index contributed by atoms with van der Waals surface area (Å²) in [7, 11) is 1.95. The van der Waals surface area contributed by atoms with Crippen molar-refractivity contribution >= 4 is 23.1 Å². The molecule has 1 amide bonds. The number of imidazole rings is 1. The highest BCUT2D eigenvalue weighted by molar-refractivity contribution is 6.02. The number of nitrogens with zero attached hydrogens (tertiary/aromatic N) is 5. The average molecular weight is 383 g/mol. The van der Waals surface area contributed by atoms with Crippen molar-refractivity contribution in [2.75, 3.05) is 30.4 Å². The predicted octanol–water partition coefficient (Wildman–Crippen LogP) is 1.87. The average Bonchev–Trinajstić information content (AvgIpc) is 3.24. The lowest BCUT2D eigenvalue weighted by atomic mass is 10.1. The first-order chi connectivity index (χ1) is 13.4. The van der Waals surface area contributed by atoms with Crippen molar-refractivity contribution in [3.05, 3.63) is 48.1 Å². The Kier molecular flexibility index (Phi) is 4.68. The van der Waals surface area contributed by atoms with E-state index in [1.54, 1.807) is 29.9 Å². The molecule has 3 aromatic heterocycles. The number of hydrogen-bond donors (Lipinski definition) is 2. The van der Waals surface area contributed by atoms with Crippen LogP contribution in [-0.2, 0) is 0 Å². The van der Waals surface area contributed by atoms with E-state index in [9.17, 15) is 9.18 Å². The van der Waals surface area contributed by atoms with E-state index in [1.807, 2.05) is 7.05 Å². The molecule has 4 heterocycles. The lowest BCUT2D eigenvalue weighted by Gasteiger charge is -2.16. The fourth-order valence-corrected chi connectivity index (χ4v) is 3.57. The third kappa shape index (κ3) is 3.40. The molecular weight excluding hydrogens is 361 g/mol. The van der Waals surface area contributed by atoms with Crippen molar-refractivity contribution in [1.82, 2.24) is 24.7 Å². The third-order valence-electron chi connectivity index (χ3n) is 5.06. The number of fused-ring (bicyclic) bond motifs is 1. The fraction of sp³-hybridized carbons (Fsp3) is 0.368. The molecule has 146 valence electrons. The molecule has 0 saturated carbocycles. The molecule has 28 heavy (non-hydrogen) atoms. The summed E-state index contributed by atoms with van der Waals surface area (Å²) in [6, 6.07) is 1.65. The molecule has 2 N–H and O–H groups in total. The normalized spacial score (nSPS) is 19.4. The molecule has 9 heteroatoms. The number of amides is 1. The second-order valence-electron chi connectivity index (χ2n) is 7.18. The van der Waals surface area contributed by atoms with Gasteiger partial charge in [-0.1, -0.05) is 6.92 Å². The Balaban J connectivity index is 1.48. The molecule has 4 rings (SSSR count). The minimum absolute atomic E-state index is 0.170. The van der Waals surface area contributed by atoms with Crippen molar-refractivity contribution in [2.45, 2.75) is 19.9 Å². The second kappa shape index (κ2) is 7.16. The molecule has 3 aromatic rings. The summed E-state index contributed by atoms with van der Waals surface area (Å²) >= 11 is 0. The number of aromatic nitrogens is 4. The summed E-state index contributed by atoms with van der Waals surface area (Å²) in [4.78, 5) is 27.3. The summed E-state index contributed by atoms with van der Waals surface area (Å²) < 4.78 is 15.7. The Hall–Kier alpha value is -3.07. The zero-order valence-corrected chi connectivity index (χ0v) is 16.0. The van der Waals surface area contributed by atoms with Gasteiger partial charge in [0.15, 0.2) is 11.5 Å². The van der Waals surface area contributed by atoms with E-state index in [1.165, 1.54) is 12.3 Å². The van der Waals surface area contributed by atoms with Crippen molar-refractivity contribution in [1.29, 1.82) is 0 Å². The van der Waals surface area contributed by atoms with Gasteiger partial charge in [-0.15, -0.1) is 0 Å². The van der Waals surface area contributed by atoms with Gasteiger partial charge in [0, 0.05) is 37.6 Å². The molecule has 0 unspecified atom stereocenters. The third-order valence-corrected chi connectivity index (χ3v) is 5.06. The molecule has 0 aliphatic carbocycles. The minimum Gasteiger partial charge on any atom is -0.353 e. The van der Waals surface area contributed by atoms with E-state index < -0.39 is 11.7 Å². The monoisotopic (exact) mass is 383 g/mol. The second-order valence-corrected chi connectivity index (χ2v) is 7.18. The first kappa shape index (κ1) is 18.3. The van der Waals surface area contributed by atoms with Gasteiger partial charge in [0.2, 0.25) is 0 Å². The molecule has 1 aliphatic heterocycles. The maximum absolute atomic E-state index is 14.2. The highest BCUT2D eigenvalue weighted by Gasteiger charge is 2.29. The van der Waals surface area contributed by atoms with Crippen LogP contribution in [0.3, 0.4) is 0 Å².